The SMILES string of the molecule is CCOc1cccc(N)c1C(=O)N1CCC(C)(C)CC1. The molecule has 0 saturated carbocycles. The highest BCUT2D eigenvalue weighted by molar-refractivity contribution is 6.01. The van der Waals surface area contributed by atoms with E-state index >= 15 is 0 Å². The van der Waals surface area contributed by atoms with E-state index in [0.29, 0.717) is 29.0 Å². The van der Waals surface area contributed by atoms with Crippen molar-refractivity contribution in [3.63, 3.8) is 0 Å². The van der Waals surface area contributed by atoms with Crippen LogP contribution in [0.1, 0.15) is 44.0 Å². The summed E-state index contributed by atoms with van der Waals surface area (Å²) in [5, 5.41) is 0. The zero-order valence-corrected chi connectivity index (χ0v) is 12.6. The molecule has 1 aromatic rings. The van der Waals surface area contributed by atoms with Crippen LogP contribution >= 0.6 is 0 Å². The number of anilines is 1. The summed E-state index contributed by atoms with van der Waals surface area (Å²) in [6.45, 7) is 8.49. The Hall–Kier alpha value is -1.71. The fraction of sp³-hybridized carbons (Fsp3) is 0.562. The molecule has 2 N–H and O–H groups in total. The van der Waals surface area contributed by atoms with Crippen LogP contribution in [-0.4, -0.2) is 30.5 Å². The van der Waals surface area contributed by atoms with Crippen molar-refractivity contribution in [2.45, 2.75) is 33.6 Å². The maximum absolute atomic E-state index is 12.7. The molecule has 4 nitrogen and oxygen atoms in total. The van der Waals surface area contributed by atoms with Crippen LogP contribution in [0.5, 0.6) is 5.75 Å². The lowest BCUT2D eigenvalue weighted by atomic mass is 9.82. The van der Waals surface area contributed by atoms with Gasteiger partial charge in [0.05, 0.1) is 6.61 Å². The van der Waals surface area contributed by atoms with Crippen molar-refractivity contribution < 1.29 is 9.53 Å². The molecule has 2 rings (SSSR count). The van der Waals surface area contributed by atoms with Gasteiger partial charge in [-0.25, -0.2) is 0 Å². The van der Waals surface area contributed by atoms with E-state index in [1.807, 2.05) is 17.9 Å². The minimum atomic E-state index is -0.0120. The van der Waals surface area contributed by atoms with E-state index in [1.54, 1.807) is 12.1 Å². The Labute approximate surface area is 120 Å². The highest BCUT2D eigenvalue weighted by Crippen LogP contribution is 2.32. The fourth-order valence-electron chi connectivity index (χ4n) is 2.53. The van der Waals surface area contributed by atoms with Crippen molar-refractivity contribution in [2.75, 3.05) is 25.4 Å². The first-order chi connectivity index (χ1) is 9.44. The molecule has 1 heterocycles. The number of nitrogens with zero attached hydrogens (tertiary/aromatic N) is 1. The third-order valence-electron chi connectivity index (χ3n) is 3.98. The van der Waals surface area contributed by atoms with Crippen LogP contribution in [0.4, 0.5) is 5.69 Å². The van der Waals surface area contributed by atoms with E-state index in [2.05, 4.69) is 13.8 Å². The molecule has 0 unspecified atom stereocenters. The Morgan fingerprint density at radius 3 is 2.60 bits per heavy atom. The predicted molar refractivity (Wildman–Crippen MR) is 80.9 cm³/mol. The van der Waals surface area contributed by atoms with Crippen LogP contribution in [0.15, 0.2) is 18.2 Å². The monoisotopic (exact) mass is 276 g/mol. The molecule has 1 aliphatic heterocycles. The van der Waals surface area contributed by atoms with Gasteiger partial charge >= 0.3 is 0 Å². The topological polar surface area (TPSA) is 55.6 Å². The van der Waals surface area contributed by atoms with Crippen LogP contribution in [-0.2, 0) is 0 Å². The van der Waals surface area contributed by atoms with Gasteiger partial charge in [0.15, 0.2) is 0 Å². The predicted octanol–water partition coefficient (Wildman–Crippen LogP) is 2.93. The molecule has 0 radical (unpaired) electrons. The lowest BCUT2D eigenvalue weighted by molar-refractivity contribution is 0.0627. The summed E-state index contributed by atoms with van der Waals surface area (Å²) < 4.78 is 5.54. The third-order valence-corrected chi connectivity index (χ3v) is 3.98. The summed E-state index contributed by atoms with van der Waals surface area (Å²) in [6.07, 6.45) is 2.05. The van der Waals surface area contributed by atoms with Crippen molar-refractivity contribution in [3.8, 4) is 5.75 Å². The third kappa shape index (κ3) is 3.06. The molecule has 1 aromatic carbocycles. The summed E-state index contributed by atoms with van der Waals surface area (Å²) in [4.78, 5) is 14.6. The zero-order valence-electron chi connectivity index (χ0n) is 12.6. The highest BCUT2D eigenvalue weighted by Gasteiger charge is 2.30. The van der Waals surface area contributed by atoms with Crippen LogP contribution in [0, 0.1) is 5.41 Å². The molecule has 0 aliphatic carbocycles. The van der Waals surface area contributed by atoms with Gasteiger partial charge in [-0.15, -0.1) is 0 Å². The Balaban J connectivity index is 2.21. The van der Waals surface area contributed by atoms with Crippen molar-refractivity contribution in [2.24, 2.45) is 5.41 Å². The molecule has 1 fully saturated rings. The number of nitrogen functional groups attached to an aromatic ring is 1. The number of hydrogen-bond donors (Lipinski definition) is 1. The zero-order chi connectivity index (χ0) is 14.8. The average molecular weight is 276 g/mol. The second kappa shape index (κ2) is 5.73. The molecule has 1 amide bonds. The lowest BCUT2D eigenvalue weighted by Crippen LogP contribution is -2.41. The molecule has 20 heavy (non-hydrogen) atoms. The highest BCUT2D eigenvalue weighted by atomic mass is 16.5. The number of piperidine rings is 1. The number of carbonyl (C=O) groups excluding carboxylic acids is 1. The van der Waals surface area contributed by atoms with Crippen molar-refractivity contribution in [1.82, 2.24) is 4.90 Å². The van der Waals surface area contributed by atoms with Crippen LogP contribution in [0.2, 0.25) is 0 Å². The average Bonchev–Trinajstić information content (AvgIpc) is 2.38. The summed E-state index contributed by atoms with van der Waals surface area (Å²) in [6, 6.07) is 5.38. The molecule has 0 spiro atoms. The van der Waals surface area contributed by atoms with E-state index in [9.17, 15) is 4.79 Å². The maximum atomic E-state index is 12.7. The smallest absolute Gasteiger partial charge is 0.259 e. The number of nitrogens with two attached hydrogens (primary N) is 1. The van der Waals surface area contributed by atoms with Crippen LogP contribution in [0.3, 0.4) is 0 Å². The number of hydrogen-bond acceptors (Lipinski definition) is 3. The minimum absolute atomic E-state index is 0.0120. The summed E-state index contributed by atoms with van der Waals surface area (Å²) in [5.74, 6) is 0.574. The van der Waals surface area contributed by atoms with E-state index in [-0.39, 0.29) is 5.91 Å². The normalized spacial score (nSPS) is 17.9. The number of benzene rings is 1. The Kier molecular flexibility index (Phi) is 4.21. The van der Waals surface area contributed by atoms with Crippen LogP contribution in [0.25, 0.3) is 0 Å². The van der Waals surface area contributed by atoms with Crippen LogP contribution < -0.4 is 10.5 Å². The fourth-order valence-corrected chi connectivity index (χ4v) is 2.53. The molecule has 1 saturated heterocycles. The Bertz CT molecular complexity index is 487. The van der Waals surface area contributed by atoms with Crippen molar-refractivity contribution >= 4 is 11.6 Å². The van der Waals surface area contributed by atoms with Gasteiger partial charge < -0.3 is 15.4 Å². The van der Waals surface area contributed by atoms with Gasteiger partial charge in [0.1, 0.15) is 11.3 Å². The molecular formula is C16H24N2O2. The van der Waals surface area contributed by atoms with Gasteiger partial charge in [-0.2, -0.15) is 0 Å². The second-order valence-electron chi connectivity index (χ2n) is 6.11. The first-order valence-corrected chi connectivity index (χ1v) is 7.25. The Morgan fingerprint density at radius 1 is 1.35 bits per heavy atom. The number of rotatable bonds is 3. The number of ether oxygens (including phenoxy) is 1. The maximum Gasteiger partial charge on any atom is 0.259 e. The molecule has 0 bridgehead atoms. The number of carbonyl (C=O) groups is 1. The summed E-state index contributed by atoms with van der Waals surface area (Å²) >= 11 is 0. The molecule has 0 atom stereocenters. The first kappa shape index (κ1) is 14.7. The largest absolute Gasteiger partial charge is 0.493 e. The van der Waals surface area contributed by atoms with Gasteiger partial charge in [0.2, 0.25) is 0 Å². The van der Waals surface area contributed by atoms with Crippen molar-refractivity contribution in [1.29, 1.82) is 0 Å². The first-order valence-electron chi connectivity index (χ1n) is 7.25. The van der Waals surface area contributed by atoms with Gasteiger partial charge in [-0.3, -0.25) is 4.79 Å². The van der Waals surface area contributed by atoms with Gasteiger partial charge in [0, 0.05) is 18.8 Å². The molecule has 4 heteroatoms. The van der Waals surface area contributed by atoms with Gasteiger partial charge in [-0.1, -0.05) is 19.9 Å². The second-order valence-corrected chi connectivity index (χ2v) is 6.11. The minimum Gasteiger partial charge on any atom is -0.493 e. The summed E-state index contributed by atoms with van der Waals surface area (Å²) in [7, 11) is 0. The van der Waals surface area contributed by atoms with Gasteiger partial charge in [-0.05, 0) is 37.3 Å². The summed E-state index contributed by atoms with van der Waals surface area (Å²) in [5.41, 5.74) is 7.31. The number of amides is 1. The van der Waals surface area contributed by atoms with E-state index < -0.39 is 0 Å². The van der Waals surface area contributed by atoms with E-state index in [4.69, 9.17) is 10.5 Å². The quantitative estimate of drug-likeness (QED) is 0.864. The molecule has 110 valence electrons. The van der Waals surface area contributed by atoms with E-state index in [0.717, 1.165) is 25.9 Å². The number of likely N-dealkylation sites (tertiary alicyclic amines) is 1. The molecular weight excluding hydrogens is 252 g/mol. The lowest BCUT2D eigenvalue weighted by Gasteiger charge is -2.37. The standard InChI is InChI=1S/C16H24N2O2/c1-4-20-13-7-5-6-12(17)14(13)15(19)18-10-8-16(2,3)9-11-18/h5-7H,4,8-11,17H2,1-3H3. The molecule has 0 aromatic heterocycles. The van der Waals surface area contributed by atoms with Gasteiger partial charge in [0.25, 0.3) is 5.91 Å². The van der Waals surface area contributed by atoms with E-state index in [1.165, 1.54) is 0 Å². The Morgan fingerprint density at radius 2 is 2.00 bits per heavy atom. The van der Waals surface area contributed by atoms with Crippen molar-refractivity contribution in [3.05, 3.63) is 23.8 Å². The molecule has 1 aliphatic rings.